The molecule has 26 heavy (non-hydrogen) atoms. The molecule has 6 heteroatoms. The molecule has 0 aliphatic heterocycles. The van der Waals surface area contributed by atoms with E-state index >= 15 is 0 Å². The number of rotatable bonds is 10. The van der Waals surface area contributed by atoms with Crippen molar-refractivity contribution in [3.8, 4) is 11.5 Å². The Bertz CT molecular complexity index is 644. The summed E-state index contributed by atoms with van der Waals surface area (Å²) in [6.07, 6.45) is 4.68. The van der Waals surface area contributed by atoms with Crippen LogP contribution in [0, 0.1) is 0 Å². The molecule has 0 spiro atoms. The van der Waals surface area contributed by atoms with Crippen LogP contribution in [0.25, 0.3) is 0 Å². The number of hydrogen-bond acceptors (Lipinski definition) is 5. The van der Waals surface area contributed by atoms with Gasteiger partial charge in [0.25, 0.3) is 0 Å². The van der Waals surface area contributed by atoms with Gasteiger partial charge in [0.05, 0.1) is 20.8 Å². The summed E-state index contributed by atoms with van der Waals surface area (Å²) < 4.78 is 15.4. The van der Waals surface area contributed by atoms with Gasteiger partial charge in [-0.25, -0.2) is 4.79 Å². The maximum atomic E-state index is 12.0. The van der Waals surface area contributed by atoms with Crippen molar-refractivity contribution in [2.45, 2.75) is 25.2 Å². The van der Waals surface area contributed by atoms with Crippen LogP contribution in [0.2, 0.25) is 0 Å². The Morgan fingerprint density at radius 3 is 2.23 bits per heavy atom. The van der Waals surface area contributed by atoms with Gasteiger partial charge in [0.1, 0.15) is 0 Å². The number of nitrogens with one attached hydrogen (secondary N) is 1. The second kappa shape index (κ2) is 10.3. The number of benzene rings is 1. The third kappa shape index (κ3) is 5.12. The molecule has 0 aliphatic rings. The lowest BCUT2D eigenvalue weighted by Crippen LogP contribution is -2.43. The third-order valence-corrected chi connectivity index (χ3v) is 4.11. The van der Waals surface area contributed by atoms with Crippen LogP contribution in [-0.2, 0) is 19.7 Å². The van der Waals surface area contributed by atoms with Gasteiger partial charge in [0.2, 0.25) is 0 Å². The quantitative estimate of drug-likeness (QED) is 0.394. The largest absolute Gasteiger partial charge is 0.493 e. The van der Waals surface area contributed by atoms with Gasteiger partial charge in [-0.3, -0.25) is 4.79 Å². The summed E-state index contributed by atoms with van der Waals surface area (Å²) in [6.45, 7) is 9.67. The highest BCUT2D eigenvalue weighted by molar-refractivity contribution is 6.32. The van der Waals surface area contributed by atoms with Crippen LogP contribution in [0.15, 0.2) is 43.5 Å². The van der Waals surface area contributed by atoms with E-state index in [4.69, 9.17) is 14.2 Å². The molecule has 0 atom stereocenters. The average molecular weight is 361 g/mol. The van der Waals surface area contributed by atoms with Gasteiger partial charge in [-0.05, 0) is 37.5 Å². The fourth-order valence-electron chi connectivity index (χ4n) is 2.80. The van der Waals surface area contributed by atoms with E-state index in [0.717, 1.165) is 5.56 Å². The third-order valence-electron chi connectivity index (χ3n) is 4.11. The summed E-state index contributed by atoms with van der Waals surface area (Å²) in [7, 11) is 3.13. The van der Waals surface area contributed by atoms with E-state index in [0.29, 0.717) is 24.3 Å². The second-order valence-corrected chi connectivity index (χ2v) is 5.74. The molecule has 1 rings (SSSR count). The molecule has 0 aliphatic carbocycles. The standard InChI is InChI=1S/C20H27NO5/c1-6-11-20(12-7-2,14-21-18(22)19(23)26-8-3)15-9-10-16(24-4)17(13-15)25-5/h6-7,9-10,13H,1-2,8,11-12,14H2,3-5H3,(H,21,22). The molecule has 1 N–H and O–H groups in total. The second-order valence-electron chi connectivity index (χ2n) is 5.74. The zero-order chi connectivity index (χ0) is 19.6. The van der Waals surface area contributed by atoms with Gasteiger partial charge in [-0.15, -0.1) is 13.2 Å². The van der Waals surface area contributed by atoms with E-state index in [2.05, 4.69) is 18.5 Å². The van der Waals surface area contributed by atoms with Crippen LogP contribution < -0.4 is 14.8 Å². The highest BCUT2D eigenvalue weighted by Gasteiger charge is 2.32. The zero-order valence-corrected chi connectivity index (χ0v) is 15.7. The Morgan fingerprint density at radius 2 is 1.73 bits per heavy atom. The number of carbonyl (C=O) groups excluding carboxylic acids is 2. The Kier molecular flexibility index (Phi) is 8.42. The molecule has 0 saturated heterocycles. The number of hydrogen-bond donors (Lipinski definition) is 1. The summed E-state index contributed by atoms with van der Waals surface area (Å²) in [4.78, 5) is 23.5. The number of amides is 1. The van der Waals surface area contributed by atoms with E-state index in [-0.39, 0.29) is 13.2 Å². The average Bonchev–Trinajstić information content (AvgIpc) is 2.65. The number of esters is 1. The predicted octanol–water partition coefficient (Wildman–Crippen LogP) is 2.77. The first-order valence-corrected chi connectivity index (χ1v) is 8.37. The van der Waals surface area contributed by atoms with E-state index in [1.165, 1.54) is 0 Å². The number of methoxy groups -OCH3 is 2. The van der Waals surface area contributed by atoms with Gasteiger partial charge in [-0.1, -0.05) is 18.2 Å². The van der Waals surface area contributed by atoms with E-state index in [1.54, 1.807) is 33.3 Å². The van der Waals surface area contributed by atoms with E-state index in [1.807, 2.05) is 18.2 Å². The minimum Gasteiger partial charge on any atom is -0.493 e. The minimum absolute atomic E-state index is 0.145. The smallest absolute Gasteiger partial charge is 0.396 e. The van der Waals surface area contributed by atoms with Crippen LogP contribution in [0.3, 0.4) is 0 Å². The zero-order valence-electron chi connectivity index (χ0n) is 15.7. The van der Waals surface area contributed by atoms with Crippen LogP contribution in [-0.4, -0.2) is 39.2 Å². The van der Waals surface area contributed by atoms with Gasteiger partial charge in [0.15, 0.2) is 11.5 Å². The monoisotopic (exact) mass is 361 g/mol. The molecule has 0 fully saturated rings. The van der Waals surface area contributed by atoms with Crippen molar-refractivity contribution in [2.24, 2.45) is 0 Å². The van der Waals surface area contributed by atoms with Crippen LogP contribution in [0.1, 0.15) is 25.3 Å². The molecule has 1 amide bonds. The fourth-order valence-corrected chi connectivity index (χ4v) is 2.80. The minimum atomic E-state index is -0.897. The molecule has 142 valence electrons. The molecule has 6 nitrogen and oxygen atoms in total. The Hall–Kier alpha value is -2.76. The molecule has 1 aromatic rings. The molecule has 0 saturated carbocycles. The lowest BCUT2D eigenvalue weighted by molar-refractivity contribution is -0.154. The first kappa shape index (κ1) is 21.3. The van der Waals surface area contributed by atoms with Crippen molar-refractivity contribution >= 4 is 11.9 Å². The van der Waals surface area contributed by atoms with Gasteiger partial charge in [0, 0.05) is 12.0 Å². The van der Waals surface area contributed by atoms with Crippen molar-refractivity contribution in [3.05, 3.63) is 49.1 Å². The molecule has 0 aromatic heterocycles. The van der Waals surface area contributed by atoms with Crippen LogP contribution in [0.4, 0.5) is 0 Å². The molecule has 0 unspecified atom stereocenters. The summed E-state index contributed by atoms with van der Waals surface area (Å²) in [5, 5.41) is 2.66. The molecular weight excluding hydrogens is 334 g/mol. The number of carbonyl (C=O) groups is 2. The van der Waals surface area contributed by atoms with Crippen LogP contribution >= 0.6 is 0 Å². The highest BCUT2D eigenvalue weighted by atomic mass is 16.5. The molecule has 0 bridgehead atoms. The maximum absolute atomic E-state index is 12.0. The van der Waals surface area contributed by atoms with E-state index < -0.39 is 17.3 Å². The maximum Gasteiger partial charge on any atom is 0.396 e. The lowest BCUT2D eigenvalue weighted by Gasteiger charge is -2.33. The predicted molar refractivity (Wildman–Crippen MR) is 100 cm³/mol. The van der Waals surface area contributed by atoms with Crippen molar-refractivity contribution in [1.82, 2.24) is 5.32 Å². The first-order valence-electron chi connectivity index (χ1n) is 8.37. The number of ether oxygens (including phenoxy) is 3. The number of allylic oxidation sites excluding steroid dienone is 2. The molecule has 0 radical (unpaired) electrons. The lowest BCUT2D eigenvalue weighted by atomic mass is 9.74. The Balaban J connectivity index is 3.21. The molecular formula is C20H27NO5. The SMILES string of the molecule is C=CCC(CC=C)(CNC(=O)C(=O)OCC)c1ccc(OC)c(OC)c1. The van der Waals surface area contributed by atoms with Crippen molar-refractivity contribution in [3.63, 3.8) is 0 Å². The normalized spacial score (nSPS) is 10.6. The Morgan fingerprint density at radius 1 is 1.12 bits per heavy atom. The Labute approximate surface area is 154 Å². The van der Waals surface area contributed by atoms with Crippen molar-refractivity contribution < 1.29 is 23.8 Å². The molecule has 1 aromatic carbocycles. The van der Waals surface area contributed by atoms with Gasteiger partial charge in [-0.2, -0.15) is 0 Å². The molecule has 0 heterocycles. The first-order chi connectivity index (χ1) is 12.5. The summed E-state index contributed by atoms with van der Waals surface area (Å²) in [6, 6.07) is 5.58. The van der Waals surface area contributed by atoms with Crippen LogP contribution in [0.5, 0.6) is 11.5 Å². The van der Waals surface area contributed by atoms with Crippen molar-refractivity contribution in [2.75, 3.05) is 27.4 Å². The highest BCUT2D eigenvalue weighted by Crippen LogP contribution is 2.37. The van der Waals surface area contributed by atoms with E-state index in [9.17, 15) is 9.59 Å². The summed E-state index contributed by atoms with van der Waals surface area (Å²) >= 11 is 0. The topological polar surface area (TPSA) is 73.9 Å². The van der Waals surface area contributed by atoms with Gasteiger partial charge < -0.3 is 19.5 Å². The summed E-state index contributed by atoms with van der Waals surface area (Å²) in [5.41, 5.74) is 0.393. The summed E-state index contributed by atoms with van der Waals surface area (Å²) in [5.74, 6) is -0.479. The fraction of sp³-hybridized carbons (Fsp3) is 0.400. The van der Waals surface area contributed by atoms with Gasteiger partial charge >= 0.3 is 11.9 Å². The van der Waals surface area contributed by atoms with Crippen molar-refractivity contribution in [1.29, 1.82) is 0 Å².